The molecule has 0 saturated carbocycles. The number of hydrogen-bond donors (Lipinski definition) is 4. The molecule has 13 heteroatoms. The lowest BCUT2D eigenvalue weighted by Gasteiger charge is -2.30. The minimum absolute atomic E-state index is 0.0215. The number of carbonyl (C=O) groups is 5. The molecule has 2 saturated heterocycles. The Morgan fingerprint density at radius 1 is 1.24 bits per heavy atom. The van der Waals surface area contributed by atoms with Crippen LogP contribution in [0.4, 0.5) is 0 Å². The van der Waals surface area contributed by atoms with Crippen molar-refractivity contribution in [3.63, 3.8) is 0 Å². The number of imide groups is 1. The van der Waals surface area contributed by atoms with Crippen LogP contribution in [0.15, 0.2) is 24.1 Å². The Balaban J connectivity index is 1.54. The van der Waals surface area contributed by atoms with Crippen molar-refractivity contribution in [1.82, 2.24) is 20.9 Å². The zero-order valence-corrected chi connectivity index (χ0v) is 21.0. The highest BCUT2D eigenvalue weighted by Crippen LogP contribution is 2.28. The Labute approximate surface area is 215 Å². The van der Waals surface area contributed by atoms with Crippen LogP contribution in [0.25, 0.3) is 0 Å². The maximum absolute atomic E-state index is 12.8. The molecule has 0 aromatic carbocycles. The highest BCUT2D eigenvalue weighted by molar-refractivity contribution is 5.95. The van der Waals surface area contributed by atoms with Crippen molar-refractivity contribution in [3.05, 3.63) is 24.1 Å². The molecule has 5 N–H and O–H groups in total. The molecule has 5 amide bonds. The van der Waals surface area contributed by atoms with Gasteiger partial charge in [-0.1, -0.05) is 0 Å². The second-order valence-corrected chi connectivity index (χ2v) is 9.33. The SMILES string of the molecule is CC1CCCC(NC(=O)C2=CCCC(OC(C(N)=O)C3CCC(N(C)/C=C\C(=O)NC=O)O3)O2)C(=O)N1. The van der Waals surface area contributed by atoms with Gasteiger partial charge < -0.3 is 35.5 Å². The molecule has 0 aromatic rings. The van der Waals surface area contributed by atoms with Crippen molar-refractivity contribution in [3.8, 4) is 0 Å². The van der Waals surface area contributed by atoms with E-state index in [0.29, 0.717) is 32.1 Å². The number of nitrogens with zero attached hydrogens (tertiary/aromatic N) is 1. The largest absolute Gasteiger partial charge is 0.459 e. The fraction of sp³-hybridized carbons (Fsp3) is 0.625. The molecule has 0 bridgehead atoms. The minimum atomic E-state index is -1.12. The van der Waals surface area contributed by atoms with Crippen LogP contribution in [0, 0.1) is 0 Å². The smallest absolute Gasteiger partial charge is 0.286 e. The topological polar surface area (TPSA) is 178 Å². The predicted octanol–water partition coefficient (Wildman–Crippen LogP) is -0.726. The van der Waals surface area contributed by atoms with Gasteiger partial charge in [0.1, 0.15) is 12.3 Å². The van der Waals surface area contributed by atoms with Gasteiger partial charge in [-0.3, -0.25) is 29.3 Å². The molecular formula is C24H35N5O8. The van der Waals surface area contributed by atoms with Crippen LogP contribution in [0.5, 0.6) is 0 Å². The number of nitrogens with two attached hydrogens (primary N) is 1. The lowest BCUT2D eigenvalue weighted by atomic mass is 10.1. The van der Waals surface area contributed by atoms with Crippen LogP contribution in [0.3, 0.4) is 0 Å². The van der Waals surface area contributed by atoms with Crippen LogP contribution in [-0.2, 0) is 38.2 Å². The minimum Gasteiger partial charge on any atom is -0.459 e. The van der Waals surface area contributed by atoms with Gasteiger partial charge in [0.05, 0.1) is 6.10 Å². The summed E-state index contributed by atoms with van der Waals surface area (Å²) >= 11 is 0. The van der Waals surface area contributed by atoms with Crippen molar-refractivity contribution >= 4 is 30.0 Å². The Morgan fingerprint density at radius 3 is 2.76 bits per heavy atom. The van der Waals surface area contributed by atoms with Crippen LogP contribution < -0.4 is 21.7 Å². The van der Waals surface area contributed by atoms with Crippen LogP contribution in [-0.4, -0.2) is 78.8 Å². The second kappa shape index (κ2) is 13.2. The zero-order chi connectivity index (χ0) is 26.9. The number of primary amides is 1. The van der Waals surface area contributed by atoms with E-state index in [9.17, 15) is 24.0 Å². The molecule has 0 aliphatic carbocycles. The normalized spacial score (nSPS) is 28.8. The van der Waals surface area contributed by atoms with Gasteiger partial charge in [0.25, 0.3) is 11.8 Å². The molecule has 37 heavy (non-hydrogen) atoms. The van der Waals surface area contributed by atoms with Crippen molar-refractivity contribution < 1.29 is 38.2 Å². The Hall–Kier alpha value is -3.45. The number of amides is 5. The first-order valence-electron chi connectivity index (χ1n) is 12.4. The average Bonchev–Trinajstić information content (AvgIpc) is 3.29. The molecule has 6 atom stereocenters. The molecule has 3 heterocycles. The number of nitrogens with one attached hydrogen (secondary N) is 3. The monoisotopic (exact) mass is 521 g/mol. The van der Waals surface area contributed by atoms with E-state index in [1.54, 1.807) is 18.0 Å². The van der Waals surface area contributed by atoms with E-state index in [1.807, 2.05) is 12.2 Å². The Morgan fingerprint density at radius 2 is 2.03 bits per heavy atom. The van der Waals surface area contributed by atoms with Gasteiger partial charge in [-0.15, -0.1) is 0 Å². The first kappa shape index (κ1) is 28.1. The van der Waals surface area contributed by atoms with Gasteiger partial charge >= 0.3 is 0 Å². The first-order valence-corrected chi connectivity index (χ1v) is 12.4. The summed E-state index contributed by atoms with van der Waals surface area (Å²) in [6.07, 6.45) is 5.45. The van der Waals surface area contributed by atoms with Gasteiger partial charge in [0, 0.05) is 31.8 Å². The average molecular weight is 522 g/mol. The number of rotatable bonds is 10. The van der Waals surface area contributed by atoms with Crippen molar-refractivity contribution in [1.29, 1.82) is 0 Å². The van der Waals surface area contributed by atoms with Gasteiger partial charge in [0.2, 0.25) is 24.5 Å². The first-order chi connectivity index (χ1) is 17.7. The molecule has 204 valence electrons. The van der Waals surface area contributed by atoms with E-state index in [0.717, 1.165) is 12.8 Å². The van der Waals surface area contributed by atoms with E-state index >= 15 is 0 Å². The van der Waals surface area contributed by atoms with Crippen molar-refractivity contribution in [2.24, 2.45) is 5.73 Å². The van der Waals surface area contributed by atoms with Gasteiger partial charge in [0.15, 0.2) is 11.9 Å². The number of carbonyl (C=O) groups excluding carboxylic acids is 5. The molecule has 3 rings (SSSR count). The Kier molecular flexibility index (Phi) is 10.0. The third-order valence-electron chi connectivity index (χ3n) is 6.42. The third kappa shape index (κ3) is 8.02. The van der Waals surface area contributed by atoms with Gasteiger partial charge in [-0.2, -0.15) is 0 Å². The van der Waals surface area contributed by atoms with Crippen molar-refractivity contribution in [2.45, 2.75) is 88.7 Å². The van der Waals surface area contributed by atoms with Gasteiger partial charge in [-0.25, -0.2) is 0 Å². The highest BCUT2D eigenvalue weighted by atomic mass is 16.7. The summed E-state index contributed by atoms with van der Waals surface area (Å²) < 4.78 is 17.5. The summed E-state index contributed by atoms with van der Waals surface area (Å²) in [7, 11) is 1.69. The van der Waals surface area contributed by atoms with Crippen LogP contribution in [0.1, 0.15) is 51.9 Å². The standard InChI is InChI=1S/C24H35N5O8/c1-14-5-3-6-15(23(33)27-14)28-24(34)17-7-4-8-20(36-17)37-21(22(25)32)16-9-10-19(35-16)29(2)12-11-18(31)26-13-30/h7,11-16,19-21H,3-6,8-10H2,1-2H3,(H2,25,32)(H,27,33)(H,28,34)(H,26,30,31)/b12-11-. The van der Waals surface area contributed by atoms with Gasteiger partial charge in [-0.05, 0) is 51.5 Å². The molecule has 6 unspecified atom stereocenters. The Bertz CT molecular complexity index is 938. The lowest BCUT2D eigenvalue weighted by Crippen LogP contribution is -2.48. The number of ether oxygens (including phenoxy) is 3. The summed E-state index contributed by atoms with van der Waals surface area (Å²) in [5.41, 5.74) is 5.59. The zero-order valence-electron chi connectivity index (χ0n) is 21.0. The van der Waals surface area contributed by atoms with E-state index in [4.69, 9.17) is 19.9 Å². The quantitative estimate of drug-likeness (QED) is 0.213. The lowest BCUT2D eigenvalue weighted by molar-refractivity contribution is -0.195. The summed E-state index contributed by atoms with van der Waals surface area (Å²) in [5.74, 6) is -2.04. The molecule has 0 spiro atoms. The molecule has 13 nitrogen and oxygen atoms in total. The van der Waals surface area contributed by atoms with E-state index in [-0.39, 0.29) is 24.1 Å². The maximum atomic E-state index is 12.8. The summed E-state index contributed by atoms with van der Waals surface area (Å²) in [5, 5.41) is 7.58. The summed E-state index contributed by atoms with van der Waals surface area (Å²) in [4.78, 5) is 60.7. The van der Waals surface area contributed by atoms with Crippen LogP contribution in [0.2, 0.25) is 0 Å². The highest BCUT2D eigenvalue weighted by Gasteiger charge is 2.39. The molecule has 3 aliphatic rings. The maximum Gasteiger partial charge on any atom is 0.286 e. The summed E-state index contributed by atoms with van der Waals surface area (Å²) in [6.45, 7) is 1.92. The predicted molar refractivity (Wildman–Crippen MR) is 129 cm³/mol. The van der Waals surface area contributed by atoms with E-state index in [2.05, 4.69) is 10.6 Å². The fourth-order valence-corrected chi connectivity index (χ4v) is 4.44. The van der Waals surface area contributed by atoms with Crippen molar-refractivity contribution in [2.75, 3.05) is 7.05 Å². The van der Waals surface area contributed by atoms with E-state index < -0.39 is 48.5 Å². The number of hydrogen-bond acceptors (Lipinski definition) is 9. The molecule has 3 aliphatic heterocycles. The fourth-order valence-electron chi connectivity index (χ4n) is 4.44. The second-order valence-electron chi connectivity index (χ2n) is 9.33. The molecule has 0 radical (unpaired) electrons. The third-order valence-corrected chi connectivity index (χ3v) is 6.42. The van der Waals surface area contributed by atoms with E-state index in [1.165, 1.54) is 12.3 Å². The molecule has 2 fully saturated rings. The molecule has 0 aromatic heterocycles. The van der Waals surface area contributed by atoms with Crippen LogP contribution >= 0.6 is 0 Å². The molecular weight excluding hydrogens is 486 g/mol. The summed E-state index contributed by atoms with van der Waals surface area (Å²) in [6, 6.07) is -0.598. The number of allylic oxidation sites excluding steroid dienone is 1.